The number of anilines is 1. The fourth-order valence-corrected chi connectivity index (χ4v) is 1.85. The topological polar surface area (TPSA) is 64.3 Å². The molecule has 0 spiro atoms. The Kier molecular flexibility index (Phi) is 3.69. The van der Waals surface area contributed by atoms with Crippen LogP contribution < -0.4 is 10.6 Å². The summed E-state index contributed by atoms with van der Waals surface area (Å²) in [4.78, 5) is 10.7. The van der Waals surface area contributed by atoms with E-state index in [0.29, 0.717) is 12.5 Å². The van der Waals surface area contributed by atoms with Crippen LogP contribution in [0.3, 0.4) is 0 Å². The van der Waals surface area contributed by atoms with Gasteiger partial charge in [0.15, 0.2) is 0 Å². The molecule has 5 heteroatoms. The Morgan fingerprint density at radius 2 is 2.25 bits per heavy atom. The zero-order chi connectivity index (χ0) is 11.4. The quantitative estimate of drug-likeness (QED) is 0.800. The van der Waals surface area contributed by atoms with Crippen LogP contribution in [0.4, 0.5) is 5.82 Å². The molecular weight excluding hydrogens is 204 g/mol. The fourth-order valence-electron chi connectivity index (χ4n) is 1.85. The molecule has 1 aromatic rings. The van der Waals surface area contributed by atoms with Gasteiger partial charge in [-0.25, -0.2) is 9.97 Å². The zero-order valence-electron chi connectivity index (χ0n) is 9.59. The van der Waals surface area contributed by atoms with Crippen molar-refractivity contribution in [3.05, 3.63) is 18.1 Å². The summed E-state index contributed by atoms with van der Waals surface area (Å²) >= 11 is 0. The molecule has 1 aromatic heterocycles. The molecule has 1 atom stereocenters. The average molecular weight is 222 g/mol. The summed E-state index contributed by atoms with van der Waals surface area (Å²) in [6.07, 6.45) is 3.47. The van der Waals surface area contributed by atoms with E-state index in [2.05, 4.69) is 21.8 Å². The molecule has 0 bridgehead atoms. The van der Waals surface area contributed by atoms with Gasteiger partial charge >= 0.3 is 0 Å². The van der Waals surface area contributed by atoms with Crippen molar-refractivity contribution in [2.75, 3.05) is 37.7 Å². The van der Waals surface area contributed by atoms with E-state index in [1.165, 1.54) is 0 Å². The lowest BCUT2D eigenvalue weighted by atomic mass is 10.0. The highest BCUT2D eigenvalue weighted by atomic mass is 16.5. The Balaban J connectivity index is 2.24. The molecule has 2 heterocycles. The summed E-state index contributed by atoms with van der Waals surface area (Å²) in [5, 5.41) is 0. The molecule has 0 amide bonds. The van der Waals surface area contributed by atoms with Gasteiger partial charge in [-0.3, -0.25) is 0 Å². The van der Waals surface area contributed by atoms with E-state index >= 15 is 0 Å². The van der Waals surface area contributed by atoms with Gasteiger partial charge in [-0.15, -0.1) is 0 Å². The monoisotopic (exact) mass is 222 g/mol. The van der Waals surface area contributed by atoms with Gasteiger partial charge in [-0.1, -0.05) is 6.92 Å². The second-order valence-electron chi connectivity index (χ2n) is 4.04. The molecule has 1 unspecified atom stereocenters. The molecule has 16 heavy (non-hydrogen) atoms. The van der Waals surface area contributed by atoms with Gasteiger partial charge in [0.1, 0.15) is 12.1 Å². The Labute approximate surface area is 95.6 Å². The fraction of sp³-hybridized carbons (Fsp3) is 0.636. The normalized spacial score (nSPS) is 18.5. The van der Waals surface area contributed by atoms with Crippen LogP contribution in [-0.4, -0.2) is 42.8 Å². The summed E-state index contributed by atoms with van der Waals surface area (Å²) in [6.45, 7) is 6.02. The Morgan fingerprint density at radius 3 is 2.94 bits per heavy atom. The average Bonchev–Trinajstić information content (AvgIpc) is 2.39. The van der Waals surface area contributed by atoms with Crippen LogP contribution in [-0.2, 0) is 4.74 Å². The van der Waals surface area contributed by atoms with Crippen molar-refractivity contribution in [3.8, 4) is 0 Å². The van der Waals surface area contributed by atoms with Crippen LogP contribution in [0.15, 0.2) is 12.5 Å². The predicted molar refractivity (Wildman–Crippen MR) is 62.5 cm³/mol. The molecule has 88 valence electrons. The molecule has 1 aliphatic rings. The number of hydrogen-bond acceptors (Lipinski definition) is 5. The summed E-state index contributed by atoms with van der Waals surface area (Å²) in [5.74, 6) is 1.30. The van der Waals surface area contributed by atoms with Gasteiger partial charge in [0.2, 0.25) is 0 Å². The lowest BCUT2D eigenvalue weighted by Gasteiger charge is -2.30. The summed E-state index contributed by atoms with van der Waals surface area (Å²) in [6, 6.07) is 0. The van der Waals surface area contributed by atoms with E-state index in [1.54, 1.807) is 6.33 Å². The van der Waals surface area contributed by atoms with Crippen LogP contribution in [0.1, 0.15) is 18.4 Å². The van der Waals surface area contributed by atoms with Gasteiger partial charge in [-0.2, -0.15) is 0 Å². The SMILES string of the molecule is CC(CN)c1cncnc1N1CCOCC1. The Hall–Kier alpha value is -1.20. The third-order valence-electron chi connectivity index (χ3n) is 2.91. The van der Waals surface area contributed by atoms with E-state index in [1.807, 2.05) is 6.20 Å². The van der Waals surface area contributed by atoms with Crippen molar-refractivity contribution in [1.29, 1.82) is 0 Å². The molecule has 1 fully saturated rings. The van der Waals surface area contributed by atoms with Gasteiger partial charge in [0.25, 0.3) is 0 Å². The Morgan fingerprint density at radius 1 is 1.50 bits per heavy atom. The minimum Gasteiger partial charge on any atom is -0.378 e. The molecule has 0 saturated carbocycles. The maximum Gasteiger partial charge on any atom is 0.135 e. The van der Waals surface area contributed by atoms with Gasteiger partial charge in [0.05, 0.1) is 13.2 Å². The first-order chi connectivity index (χ1) is 7.83. The van der Waals surface area contributed by atoms with Crippen LogP contribution in [0.2, 0.25) is 0 Å². The van der Waals surface area contributed by atoms with Crippen molar-refractivity contribution < 1.29 is 4.74 Å². The van der Waals surface area contributed by atoms with Crippen molar-refractivity contribution in [1.82, 2.24) is 9.97 Å². The minimum absolute atomic E-state index is 0.291. The number of nitrogens with zero attached hydrogens (tertiary/aromatic N) is 3. The number of rotatable bonds is 3. The molecule has 0 aliphatic carbocycles. The molecule has 2 rings (SSSR count). The highest BCUT2D eigenvalue weighted by Gasteiger charge is 2.18. The highest BCUT2D eigenvalue weighted by molar-refractivity contribution is 5.47. The van der Waals surface area contributed by atoms with Gasteiger partial charge in [0, 0.05) is 24.8 Å². The lowest BCUT2D eigenvalue weighted by molar-refractivity contribution is 0.122. The second-order valence-corrected chi connectivity index (χ2v) is 4.04. The van der Waals surface area contributed by atoms with Crippen molar-refractivity contribution in [2.24, 2.45) is 5.73 Å². The van der Waals surface area contributed by atoms with Crippen LogP contribution in [0.25, 0.3) is 0 Å². The van der Waals surface area contributed by atoms with Crippen molar-refractivity contribution in [3.63, 3.8) is 0 Å². The van der Waals surface area contributed by atoms with Crippen molar-refractivity contribution in [2.45, 2.75) is 12.8 Å². The number of ether oxygens (including phenoxy) is 1. The first kappa shape index (κ1) is 11.3. The Bertz CT molecular complexity index is 339. The predicted octanol–water partition coefficient (Wildman–Crippen LogP) is 0.375. The summed E-state index contributed by atoms with van der Waals surface area (Å²) < 4.78 is 5.34. The highest BCUT2D eigenvalue weighted by Crippen LogP contribution is 2.24. The van der Waals surface area contributed by atoms with E-state index in [0.717, 1.165) is 37.7 Å². The lowest BCUT2D eigenvalue weighted by Crippen LogP contribution is -2.37. The van der Waals surface area contributed by atoms with Crippen LogP contribution in [0, 0.1) is 0 Å². The largest absolute Gasteiger partial charge is 0.378 e. The number of morpholine rings is 1. The number of hydrogen-bond donors (Lipinski definition) is 1. The summed E-state index contributed by atoms with van der Waals surface area (Å²) in [7, 11) is 0. The minimum atomic E-state index is 0.291. The molecule has 5 nitrogen and oxygen atoms in total. The van der Waals surface area contributed by atoms with Crippen LogP contribution in [0.5, 0.6) is 0 Å². The summed E-state index contributed by atoms with van der Waals surface area (Å²) in [5.41, 5.74) is 6.84. The molecule has 0 radical (unpaired) electrons. The maximum absolute atomic E-state index is 5.70. The van der Waals surface area contributed by atoms with E-state index in [-0.39, 0.29) is 0 Å². The van der Waals surface area contributed by atoms with Crippen LogP contribution >= 0.6 is 0 Å². The smallest absolute Gasteiger partial charge is 0.135 e. The van der Waals surface area contributed by atoms with Crippen molar-refractivity contribution >= 4 is 5.82 Å². The molecule has 2 N–H and O–H groups in total. The third-order valence-corrected chi connectivity index (χ3v) is 2.91. The molecule has 1 aliphatic heterocycles. The second kappa shape index (κ2) is 5.23. The third kappa shape index (κ3) is 2.31. The van der Waals surface area contributed by atoms with E-state index in [4.69, 9.17) is 10.5 Å². The van der Waals surface area contributed by atoms with E-state index in [9.17, 15) is 0 Å². The van der Waals surface area contributed by atoms with Gasteiger partial charge < -0.3 is 15.4 Å². The molecule has 1 saturated heterocycles. The number of nitrogens with two attached hydrogens (primary N) is 1. The van der Waals surface area contributed by atoms with Gasteiger partial charge in [-0.05, 0) is 12.5 Å². The first-order valence-corrected chi connectivity index (χ1v) is 5.65. The zero-order valence-corrected chi connectivity index (χ0v) is 9.59. The standard InChI is InChI=1S/C11H18N4O/c1-9(6-12)10-7-13-8-14-11(10)15-2-4-16-5-3-15/h7-9H,2-6,12H2,1H3. The van der Waals surface area contributed by atoms with E-state index < -0.39 is 0 Å². The maximum atomic E-state index is 5.70. The molecular formula is C11H18N4O. The molecule has 0 aromatic carbocycles. The number of aromatic nitrogens is 2. The first-order valence-electron chi connectivity index (χ1n) is 5.65.